The van der Waals surface area contributed by atoms with Gasteiger partial charge in [0.2, 0.25) is 5.91 Å². The highest BCUT2D eigenvalue weighted by atomic mass is 35.5. The number of carbonyl (C=O) groups is 1. The number of amides is 1. The lowest BCUT2D eigenvalue weighted by Crippen LogP contribution is -2.50. The molecule has 156 valence electrons. The summed E-state index contributed by atoms with van der Waals surface area (Å²) < 4.78 is 30.7. The minimum absolute atomic E-state index is 0.0761. The van der Waals surface area contributed by atoms with Gasteiger partial charge in [-0.3, -0.25) is 4.79 Å². The Hall–Kier alpha value is -1.79. The maximum atomic E-state index is 13.5. The first-order chi connectivity index (χ1) is 13.9. The van der Waals surface area contributed by atoms with Crippen LogP contribution in [0.4, 0.5) is 0 Å². The van der Waals surface area contributed by atoms with E-state index in [4.69, 9.17) is 16.0 Å². The van der Waals surface area contributed by atoms with E-state index >= 15 is 0 Å². The first-order valence-corrected chi connectivity index (χ1v) is 12.3. The van der Waals surface area contributed by atoms with Crippen molar-refractivity contribution < 1.29 is 17.6 Å². The van der Waals surface area contributed by atoms with Gasteiger partial charge in [-0.2, -0.15) is 0 Å². The summed E-state index contributed by atoms with van der Waals surface area (Å²) >= 11 is 6.04. The molecule has 2 aliphatic rings. The van der Waals surface area contributed by atoms with Crippen molar-refractivity contribution in [1.29, 1.82) is 0 Å². The highest BCUT2D eigenvalue weighted by Gasteiger charge is 2.46. The second-order valence-corrected chi connectivity index (χ2v) is 10.9. The van der Waals surface area contributed by atoms with E-state index in [1.807, 2.05) is 29.2 Å². The third-order valence-electron chi connectivity index (χ3n) is 6.42. The number of halogens is 1. The molecule has 1 aromatic heterocycles. The van der Waals surface area contributed by atoms with E-state index in [-0.39, 0.29) is 11.7 Å². The van der Waals surface area contributed by atoms with Crippen LogP contribution < -0.4 is 0 Å². The lowest BCUT2D eigenvalue weighted by Gasteiger charge is -2.38. The molecule has 0 atom stereocenters. The molecule has 0 unspecified atom stereocenters. The lowest BCUT2D eigenvalue weighted by molar-refractivity contribution is -0.138. The van der Waals surface area contributed by atoms with E-state index in [9.17, 15) is 13.2 Å². The molecule has 1 aliphatic heterocycles. The van der Waals surface area contributed by atoms with Crippen molar-refractivity contribution in [3.63, 3.8) is 0 Å². The van der Waals surface area contributed by atoms with E-state index in [0.29, 0.717) is 36.7 Å². The molecule has 1 saturated carbocycles. The van der Waals surface area contributed by atoms with Gasteiger partial charge in [0.25, 0.3) is 0 Å². The fourth-order valence-corrected chi connectivity index (χ4v) is 6.66. The van der Waals surface area contributed by atoms with Gasteiger partial charge >= 0.3 is 0 Å². The van der Waals surface area contributed by atoms with E-state index in [2.05, 4.69) is 0 Å². The fourth-order valence-electron chi connectivity index (χ4n) is 4.81. The van der Waals surface area contributed by atoms with Gasteiger partial charge in [-0.15, -0.1) is 0 Å². The number of furan rings is 1. The quantitative estimate of drug-likeness (QED) is 0.700. The minimum atomic E-state index is -3.29. The molecule has 1 aromatic carbocycles. The van der Waals surface area contributed by atoms with Gasteiger partial charge in [-0.05, 0) is 55.5 Å². The molecule has 7 heteroatoms. The van der Waals surface area contributed by atoms with Crippen LogP contribution in [0.5, 0.6) is 0 Å². The van der Waals surface area contributed by atoms with Crippen molar-refractivity contribution in [3.8, 4) is 0 Å². The number of sulfone groups is 1. The topological polar surface area (TPSA) is 67.6 Å². The molecule has 29 heavy (non-hydrogen) atoms. The third kappa shape index (κ3) is 4.10. The van der Waals surface area contributed by atoms with Crippen molar-refractivity contribution in [2.75, 3.05) is 13.1 Å². The molecule has 2 heterocycles. The molecule has 1 saturated heterocycles. The van der Waals surface area contributed by atoms with Gasteiger partial charge < -0.3 is 9.32 Å². The van der Waals surface area contributed by atoms with Crippen molar-refractivity contribution >= 4 is 27.3 Å². The Morgan fingerprint density at radius 2 is 1.76 bits per heavy atom. The van der Waals surface area contributed by atoms with Crippen LogP contribution in [0, 0.1) is 0 Å². The van der Waals surface area contributed by atoms with E-state index in [1.165, 1.54) is 6.26 Å². The number of benzene rings is 1. The standard InChI is InChI=1S/C22H26ClNO4S/c23-18-7-5-17(6-8-18)22(11-1-2-12-22)21(25)24-13-9-20(10-14-24)29(26,27)16-19-4-3-15-28-19/h3-8,15,20H,1-2,9-14,16H2. The Balaban J connectivity index is 1.46. The number of hydrogen-bond donors (Lipinski definition) is 0. The summed E-state index contributed by atoms with van der Waals surface area (Å²) in [5.41, 5.74) is 0.529. The van der Waals surface area contributed by atoms with Crippen molar-refractivity contribution in [2.24, 2.45) is 0 Å². The van der Waals surface area contributed by atoms with Crippen molar-refractivity contribution in [2.45, 2.75) is 54.9 Å². The predicted molar refractivity (Wildman–Crippen MR) is 113 cm³/mol. The third-order valence-corrected chi connectivity index (χ3v) is 8.85. The fraction of sp³-hybridized carbons (Fsp3) is 0.500. The maximum Gasteiger partial charge on any atom is 0.233 e. The second kappa shape index (κ2) is 8.15. The average molecular weight is 436 g/mol. The second-order valence-electron chi connectivity index (χ2n) is 8.17. The molecule has 0 spiro atoms. The van der Waals surface area contributed by atoms with Crippen LogP contribution in [0.1, 0.15) is 49.8 Å². The highest BCUT2D eigenvalue weighted by molar-refractivity contribution is 7.91. The monoisotopic (exact) mass is 435 g/mol. The summed E-state index contributed by atoms with van der Waals surface area (Å²) in [4.78, 5) is 15.4. The van der Waals surface area contributed by atoms with Gasteiger partial charge in [0.15, 0.2) is 9.84 Å². The van der Waals surface area contributed by atoms with Crippen LogP contribution in [0.2, 0.25) is 5.02 Å². The van der Waals surface area contributed by atoms with Crippen LogP contribution in [-0.4, -0.2) is 37.6 Å². The number of likely N-dealkylation sites (tertiary alicyclic amines) is 1. The zero-order chi connectivity index (χ0) is 20.5. The Morgan fingerprint density at radius 1 is 1.10 bits per heavy atom. The van der Waals surface area contributed by atoms with Gasteiger partial charge in [-0.1, -0.05) is 36.6 Å². The van der Waals surface area contributed by atoms with Crippen molar-refractivity contribution in [3.05, 3.63) is 59.0 Å². The van der Waals surface area contributed by atoms with Crippen LogP contribution in [0.15, 0.2) is 47.1 Å². The number of hydrogen-bond acceptors (Lipinski definition) is 4. The number of piperidine rings is 1. The normalized spacial score (nSPS) is 20.1. The number of carbonyl (C=O) groups excluding carboxylic acids is 1. The molecule has 2 aromatic rings. The molecule has 1 amide bonds. The highest BCUT2D eigenvalue weighted by Crippen LogP contribution is 2.43. The Bertz CT molecular complexity index is 939. The predicted octanol–water partition coefficient (Wildman–Crippen LogP) is 4.35. The maximum absolute atomic E-state index is 13.5. The molecular formula is C22H26ClNO4S. The SMILES string of the molecule is O=C(N1CCC(S(=O)(=O)Cc2ccco2)CC1)C1(c2ccc(Cl)cc2)CCCC1. The van der Waals surface area contributed by atoms with E-state index in [0.717, 1.165) is 31.2 Å². The summed E-state index contributed by atoms with van der Waals surface area (Å²) in [5, 5.41) is 0.239. The van der Waals surface area contributed by atoms with Gasteiger partial charge in [0, 0.05) is 18.1 Å². The molecule has 0 bridgehead atoms. The zero-order valence-electron chi connectivity index (χ0n) is 16.3. The molecule has 0 radical (unpaired) electrons. The average Bonchev–Trinajstić information content (AvgIpc) is 3.40. The minimum Gasteiger partial charge on any atom is -0.468 e. The Labute approximate surface area is 177 Å². The van der Waals surface area contributed by atoms with Crippen LogP contribution in [0.25, 0.3) is 0 Å². The first-order valence-electron chi connectivity index (χ1n) is 10.2. The zero-order valence-corrected chi connectivity index (χ0v) is 17.9. The smallest absolute Gasteiger partial charge is 0.233 e. The first kappa shape index (κ1) is 20.5. The summed E-state index contributed by atoms with van der Waals surface area (Å²) in [6, 6.07) is 11.0. The van der Waals surface area contributed by atoms with E-state index in [1.54, 1.807) is 12.1 Å². The van der Waals surface area contributed by atoms with Crippen LogP contribution >= 0.6 is 11.6 Å². The Morgan fingerprint density at radius 3 is 2.34 bits per heavy atom. The van der Waals surface area contributed by atoms with Gasteiger partial charge in [-0.25, -0.2) is 8.42 Å². The molecule has 5 nitrogen and oxygen atoms in total. The molecule has 0 N–H and O–H groups in total. The number of rotatable bonds is 5. The molecule has 2 fully saturated rings. The molecular weight excluding hydrogens is 410 g/mol. The summed E-state index contributed by atoms with van der Waals surface area (Å²) in [6.45, 7) is 0.965. The Kier molecular flexibility index (Phi) is 5.76. The summed E-state index contributed by atoms with van der Waals surface area (Å²) in [6.07, 6.45) is 6.18. The summed E-state index contributed by atoms with van der Waals surface area (Å²) in [7, 11) is -3.29. The lowest BCUT2D eigenvalue weighted by atomic mass is 9.77. The largest absolute Gasteiger partial charge is 0.468 e. The van der Waals surface area contributed by atoms with Crippen LogP contribution in [-0.2, 0) is 25.8 Å². The molecule has 4 rings (SSSR count). The van der Waals surface area contributed by atoms with Crippen LogP contribution in [0.3, 0.4) is 0 Å². The van der Waals surface area contributed by atoms with Crippen molar-refractivity contribution in [1.82, 2.24) is 4.90 Å². The van der Waals surface area contributed by atoms with Gasteiger partial charge in [0.1, 0.15) is 11.5 Å². The number of nitrogens with zero attached hydrogens (tertiary/aromatic N) is 1. The molecule has 1 aliphatic carbocycles. The van der Waals surface area contributed by atoms with Gasteiger partial charge in [0.05, 0.1) is 16.9 Å². The summed E-state index contributed by atoms with van der Waals surface area (Å²) in [5.74, 6) is 0.531. The van der Waals surface area contributed by atoms with E-state index < -0.39 is 20.5 Å².